The van der Waals surface area contributed by atoms with Gasteiger partial charge in [-0.15, -0.1) is 11.8 Å². The molecular weight excluding hydrogens is 474 g/mol. The van der Waals surface area contributed by atoms with Gasteiger partial charge in [-0.1, -0.05) is 18.2 Å². The van der Waals surface area contributed by atoms with Crippen LogP contribution in [0.15, 0.2) is 69.9 Å². The van der Waals surface area contributed by atoms with Gasteiger partial charge in [-0.2, -0.15) is 0 Å². The average Bonchev–Trinajstić information content (AvgIpc) is 2.86. The van der Waals surface area contributed by atoms with E-state index in [0.29, 0.717) is 35.5 Å². The third-order valence-electron chi connectivity index (χ3n) is 6.72. The number of carbonyl (C=O) groups is 2. The first-order chi connectivity index (χ1) is 17.3. The highest BCUT2D eigenvalue weighted by atomic mass is 32.2. The number of carbonyl (C=O) groups excluding carboxylic acids is 2. The smallest absolute Gasteiger partial charge is 0.337 e. The summed E-state index contributed by atoms with van der Waals surface area (Å²) < 4.78 is 16.5. The van der Waals surface area contributed by atoms with Crippen LogP contribution in [0.4, 0.5) is 0 Å². The van der Waals surface area contributed by atoms with Gasteiger partial charge in [0.25, 0.3) is 0 Å². The van der Waals surface area contributed by atoms with Gasteiger partial charge in [0.2, 0.25) is 0 Å². The largest absolute Gasteiger partial charge is 0.493 e. The summed E-state index contributed by atoms with van der Waals surface area (Å²) in [4.78, 5) is 28.1. The molecule has 190 valence electrons. The number of ketones is 1. The van der Waals surface area contributed by atoms with Crippen molar-refractivity contribution in [1.29, 1.82) is 0 Å². The van der Waals surface area contributed by atoms with Gasteiger partial charge in [0.05, 0.1) is 25.9 Å². The number of rotatable bonds is 7. The van der Waals surface area contributed by atoms with Gasteiger partial charge < -0.3 is 19.5 Å². The molecule has 0 fully saturated rings. The Labute approximate surface area is 217 Å². The van der Waals surface area contributed by atoms with Crippen molar-refractivity contribution in [3.05, 3.63) is 76.1 Å². The average molecular weight is 508 g/mol. The van der Waals surface area contributed by atoms with Gasteiger partial charge in [0.1, 0.15) is 0 Å². The molecule has 1 N–H and O–H groups in total. The molecule has 0 radical (unpaired) electrons. The van der Waals surface area contributed by atoms with Crippen LogP contribution in [0, 0.1) is 0 Å². The van der Waals surface area contributed by atoms with Crippen LogP contribution in [0.3, 0.4) is 0 Å². The van der Waals surface area contributed by atoms with Crippen LogP contribution in [0.5, 0.6) is 11.5 Å². The van der Waals surface area contributed by atoms with Crippen molar-refractivity contribution in [2.45, 2.75) is 56.4 Å². The summed E-state index contributed by atoms with van der Waals surface area (Å²) in [6.45, 7) is 5.54. The van der Waals surface area contributed by atoms with Crippen LogP contribution in [-0.2, 0) is 14.3 Å². The maximum Gasteiger partial charge on any atom is 0.337 e. The fraction of sp³-hybridized carbons (Fsp3) is 0.379. The third-order valence-corrected chi connectivity index (χ3v) is 7.46. The first-order valence-corrected chi connectivity index (χ1v) is 13.3. The Morgan fingerprint density at radius 2 is 1.67 bits per heavy atom. The molecule has 0 saturated heterocycles. The molecule has 0 unspecified atom stereocenters. The van der Waals surface area contributed by atoms with E-state index < -0.39 is 11.9 Å². The molecule has 7 heteroatoms. The number of nitrogens with one attached hydrogen (secondary N) is 1. The zero-order valence-corrected chi connectivity index (χ0v) is 22.5. The van der Waals surface area contributed by atoms with E-state index in [2.05, 4.69) is 5.32 Å². The van der Waals surface area contributed by atoms with Gasteiger partial charge in [0.15, 0.2) is 17.3 Å². The van der Waals surface area contributed by atoms with Gasteiger partial charge >= 0.3 is 5.97 Å². The summed E-state index contributed by atoms with van der Waals surface area (Å²) in [5.41, 5.74) is 4.67. The van der Waals surface area contributed by atoms with Crippen LogP contribution in [0.2, 0.25) is 0 Å². The number of thioether (sulfide) groups is 1. The highest BCUT2D eigenvalue weighted by Crippen LogP contribution is 2.46. The van der Waals surface area contributed by atoms with Gasteiger partial charge in [-0.3, -0.25) is 4.79 Å². The Morgan fingerprint density at radius 1 is 1.00 bits per heavy atom. The monoisotopic (exact) mass is 507 g/mol. The molecule has 36 heavy (non-hydrogen) atoms. The molecule has 0 bridgehead atoms. The number of ether oxygens (including phenoxy) is 3. The predicted molar refractivity (Wildman–Crippen MR) is 142 cm³/mol. The summed E-state index contributed by atoms with van der Waals surface area (Å²) in [5, 5.41) is 3.40. The van der Waals surface area contributed by atoms with Crippen LogP contribution in [0.25, 0.3) is 0 Å². The second-order valence-corrected chi connectivity index (χ2v) is 10.2. The van der Waals surface area contributed by atoms with E-state index in [1.807, 2.05) is 69.5 Å². The highest BCUT2D eigenvalue weighted by Gasteiger charge is 2.41. The molecule has 0 aromatic heterocycles. The van der Waals surface area contributed by atoms with E-state index in [4.69, 9.17) is 14.2 Å². The Bertz CT molecular complexity index is 1230. The van der Waals surface area contributed by atoms with E-state index in [-0.39, 0.29) is 17.8 Å². The number of dihydropyridines is 1. The van der Waals surface area contributed by atoms with Crippen LogP contribution >= 0.6 is 11.8 Å². The lowest BCUT2D eigenvalue weighted by Crippen LogP contribution is -2.36. The van der Waals surface area contributed by atoms with Crippen molar-refractivity contribution in [3.63, 3.8) is 0 Å². The third kappa shape index (κ3) is 5.03. The first kappa shape index (κ1) is 25.9. The highest BCUT2D eigenvalue weighted by molar-refractivity contribution is 7.98. The number of benzene rings is 2. The minimum Gasteiger partial charge on any atom is -0.493 e. The van der Waals surface area contributed by atoms with Crippen molar-refractivity contribution in [2.24, 2.45) is 0 Å². The maximum absolute atomic E-state index is 13.8. The van der Waals surface area contributed by atoms with E-state index >= 15 is 0 Å². The summed E-state index contributed by atoms with van der Waals surface area (Å²) in [7, 11) is 3.21. The van der Waals surface area contributed by atoms with E-state index in [1.54, 1.807) is 26.0 Å². The zero-order valence-electron chi connectivity index (χ0n) is 21.6. The standard InChI is InChI=1S/C29H33NO5S/c1-16(2)35-29(32)26-17(3)30-22-13-20(19-9-12-24(33-4)25(15-19)34-5)14-23(31)28(22)27(26)18-7-10-21(36-6)11-8-18/h7-12,15-16,20,27,30H,13-14H2,1-6H3/t20-,27+/m0/s1. The molecular formula is C29H33NO5S. The first-order valence-electron chi connectivity index (χ1n) is 12.1. The van der Waals surface area contributed by atoms with Gasteiger partial charge in [-0.25, -0.2) is 4.79 Å². The number of allylic oxidation sites excluding steroid dienone is 3. The van der Waals surface area contributed by atoms with E-state index in [1.165, 1.54) is 0 Å². The lowest BCUT2D eigenvalue weighted by Gasteiger charge is -2.37. The molecule has 1 aliphatic carbocycles. The SMILES string of the molecule is COc1ccc([C@@H]2CC(=O)C3=C(C2)NC(C)=C(C(=O)OC(C)C)[C@H]3c2ccc(SC)cc2)cc1OC. The lowest BCUT2D eigenvalue weighted by molar-refractivity contribution is -0.143. The Balaban J connectivity index is 1.77. The molecule has 6 nitrogen and oxygen atoms in total. The zero-order chi connectivity index (χ0) is 26.0. The Morgan fingerprint density at radius 3 is 2.28 bits per heavy atom. The molecule has 0 spiro atoms. The molecule has 2 aliphatic rings. The van der Waals surface area contributed by atoms with Crippen molar-refractivity contribution in [3.8, 4) is 11.5 Å². The Kier molecular flexibility index (Phi) is 7.79. The molecule has 0 saturated carbocycles. The molecule has 4 rings (SSSR count). The second-order valence-electron chi connectivity index (χ2n) is 9.36. The minimum atomic E-state index is -0.470. The summed E-state index contributed by atoms with van der Waals surface area (Å²) >= 11 is 1.65. The van der Waals surface area contributed by atoms with Crippen molar-refractivity contribution < 1.29 is 23.8 Å². The molecule has 2 atom stereocenters. The predicted octanol–water partition coefficient (Wildman–Crippen LogP) is 5.74. The second kappa shape index (κ2) is 10.8. The minimum absolute atomic E-state index is 0.0139. The molecule has 1 aliphatic heterocycles. The molecule has 1 heterocycles. The topological polar surface area (TPSA) is 73.9 Å². The number of hydrogen-bond donors (Lipinski definition) is 1. The number of methoxy groups -OCH3 is 2. The number of Topliss-reactive ketones (excluding diaryl/α,β-unsaturated/α-hetero) is 1. The number of hydrogen-bond acceptors (Lipinski definition) is 7. The quantitative estimate of drug-likeness (QED) is 0.378. The van der Waals surface area contributed by atoms with Gasteiger partial charge in [-0.05, 0) is 74.8 Å². The summed E-state index contributed by atoms with van der Waals surface area (Å²) in [5.74, 6) is 0.447. The van der Waals surface area contributed by atoms with Crippen molar-refractivity contribution >= 4 is 23.5 Å². The fourth-order valence-electron chi connectivity index (χ4n) is 5.06. The Hall–Kier alpha value is -3.19. The van der Waals surface area contributed by atoms with E-state index in [9.17, 15) is 9.59 Å². The van der Waals surface area contributed by atoms with Crippen LogP contribution < -0.4 is 14.8 Å². The summed E-state index contributed by atoms with van der Waals surface area (Å²) in [6, 6.07) is 13.9. The molecule has 0 amide bonds. The molecule has 2 aromatic carbocycles. The van der Waals surface area contributed by atoms with E-state index in [0.717, 1.165) is 27.4 Å². The number of esters is 1. The van der Waals surface area contributed by atoms with Crippen molar-refractivity contribution in [2.75, 3.05) is 20.5 Å². The normalized spacial score (nSPS) is 19.7. The molecule has 2 aromatic rings. The van der Waals surface area contributed by atoms with Crippen LogP contribution in [0.1, 0.15) is 56.6 Å². The maximum atomic E-state index is 13.8. The van der Waals surface area contributed by atoms with Crippen molar-refractivity contribution in [1.82, 2.24) is 5.32 Å². The fourth-order valence-corrected chi connectivity index (χ4v) is 5.47. The van der Waals surface area contributed by atoms with Crippen LogP contribution in [-0.4, -0.2) is 38.3 Å². The lowest BCUT2D eigenvalue weighted by atomic mass is 9.71. The van der Waals surface area contributed by atoms with Gasteiger partial charge in [0, 0.05) is 34.2 Å². The summed E-state index contributed by atoms with van der Waals surface area (Å²) in [6.07, 6.45) is 2.76.